The van der Waals surface area contributed by atoms with Gasteiger partial charge in [0.15, 0.2) is 0 Å². The Labute approximate surface area is 84.3 Å². The maximum atomic E-state index is 10.8. The van der Waals surface area contributed by atoms with E-state index in [9.17, 15) is 9.59 Å². The number of ketones is 1. The van der Waals surface area contributed by atoms with Gasteiger partial charge in [-0.05, 0) is 31.9 Å². The molecule has 0 spiro atoms. The molecular weight excluding hydrogens is 188 g/mol. The summed E-state index contributed by atoms with van der Waals surface area (Å²) in [5.74, 6) is 0.292. The lowest BCUT2D eigenvalue weighted by Crippen LogP contribution is -2.09. The SMILES string of the molecule is CC(=O)CC(=O)OCCCCCS. The fourth-order valence-electron chi connectivity index (χ4n) is 0.831. The highest BCUT2D eigenvalue weighted by molar-refractivity contribution is 7.80. The summed E-state index contributed by atoms with van der Waals surface area (Å²) in [5, 5.41) is 0. The summed E-state index contributed by atoms with van der Waals surface area (Å²) >= 11 is 4.06. The average Bonchev–Trinajstić information content (AvgIpc) is 2.02. The van der Waals surface area contributed by atoms with Crippen LogP contribution in [0.25, 0.3) is 0 Å². The Morgan fingerprint density at radius 3 is 2.46 bits per heavy atom. The number of ether oxygens (including phenoxy) is 1. The number of carbonyl (C=O) groups excluding carboxylic acids is 2. The number of unbranched alkanes of at least 4 members (excludes halogenated alkanes) is 2. The number of hydrogen-bond acceptors (Lipinski definition) is 4. The monoisotopic (exact) mass is 204 g/mol. The molecule has 0 unspecified atom stereocenters. The summed E-state index contributed by atoms with van der Waals surface area (Å²) in [6.45, 7) is 1.79. The maximum absolute atomic E-state index is 10.8. The zero-order valence-corrected chi connectivity index (χ0v) is 8.81. The van der Waals surface area contributed by atoms with Gasteiger partial charge in [0, 0.05) is 0 Å². The van der Waals surface area contributed by atoms with Crippen molar-refractivity contribution in [2.24, 2.45) is 0 Å². The van der Waals surface area contributed by atoms with Crippen molar-refractivity contribution in [3.8, 4) is 0 Å². The van der Waals surface area contributed by atoms with Crippen LogP contribution in [-0.2, 0) is 14.3 Å². The lowest BCUT2D eigenvalue weighted by atomic mass is 10.2. The molecule has 0 fully saturated rings. The summed E-state index contributed by atoms with van der Waals surface area (Å²) in [4.78, 5) is 21.3. The first-order valence-electron chi connectivity index (χ1n) is 4.42. The first-order valence-corrected chi connectivity index (χ1v) is 5.06. The lowest BCUT2D eigenvalue weighted by molar-refractivity contribution is -0.145. The molecule has 0 saturated heterocycles. The lowest BCUT2D eigenvalue weighted by Gasteiger charge is -2.02. The van der Waals surface area contributed by atoms with Crippen LogP contribution in [0.1, 0.15) is 32.6 Å². The molecule has 4 heteroatoms. The number of thiol groups is 1. The van der Waals surface area contributed by atoms with Gasteiger partial charge in [-0.15, -0.1) is 0 Å². The van der Waals surface area contributed by atoms with Crippen molar-refractivity contribution in [3.63, 3.8) is 0 Å². The van der Waals surface area contributed by atoms with E-state index in [0.29, 0.717) is 6.61 Å². The molecule has 3 nitrogen and oxygen atoms in total. The van der Waals surface area contributed by atoms with Gasteiger partial charge in [0.2, 0.25) is 0 Å². The molecule has 0 radical (unpaired) electrons. The van der Waals surface area contributed by atoms with Crippen LogP contribution in [0.4, 0.5) is 0 Å². The third-order valence-corrected chi connectivity index (χ3v) is 1.78. The molecule has 0 atom stereocenters. The van der Waals surface area contributed by atoms with Gasteiger partial charge in [0.05, 0.1) is 6.61 Å². The average molecular weight is 204 g/mol. The summed E-state index contributed by atoms with van der Waals surface area (Å²) in [5.41, 5.74) is 0. The van der Waals surface area contributed by atoms with Crippen LogP contribution in [0.5, 0.6) is 0 Å². The molecule has 0 aliphatic heterocycles. The fourth-order valence-corrected chi connectivity index (χ4v) is 1.05. The third-order valence-electron chi connectivity index (χ3n) is 1.46. The van der Waals surface area contributed by atoms with Crippen molar-refractivity contribution in [1.29, 1.82) is 0 Å². The van der Waals surface area contributed by atoms with Gasteiger partial charge in [-0.3, -0.25) is 9.59 Å². The highest BCUT2D eigenvalue weighted by Crippen LogP contribution is 1.98. The minimum absolute atomic E-state index is 0.105. The van der Waals surface area contributed by atoms with E-state index in [-0.39, 0.29) is 12.2 Å². The fraction of sp³-hybridized carbons (Fsp3) is 0.778. The van der Waals surface area contributed by atoms with Crippen LogP contribution in [0, 0.1) is 0 Å². The summed E-state index contributed by atoms with van der Waals surface area (Å²) in [7, 11) is 0. The smallest absolute Gasteiger partial charge is 0.313 e. The molecule has 0 aromatic carbocycles. The molecule has 0 rings (SSSR count). The molecule has 0 aliphatic rings. The van der Waals surface area contributed by atoms with Crippen molar-refractivity contribution in [2.75, 3.05) is 12.4 Å². The minimum Gasteiger partial charge on any atom is -0.465 e. The Bertz CT molecular complexity index is 168. The van der Waals surface area contributed by atoms with E-state index in [1.807, 2.05) is 0 Å². The van der Waals surface area contributed by atoms with E-state index in [4.69, 9.17) is 4.74 Å². The number of carbonyl (C=O) groups is 2. The van der Waals surface area contributed by atoms with E-state index >= 15 is 0 Å². The molecule has 13 heavy (non-hydrogen) atoms. The molecule has 0 bridgehead atoms. The molecular formula is C9H16O3S. The van der Waals surface area contributed by atoms with Crippen molar-refractivity contribution >= 4 is 24.4 Å². The van der Waals surface area contributed by atoms with Gasteiger partial charge in [-0.2, -0.15) is 12.6 Å². The number of esters is 1. The molecule has 0 N–H and O–H groups in total. The third kappa shape index (κ3) is 9.40. The Morgan fingerprint density at radius 2 is 1.92 bits per heavy atom. The van der Waals surface area contributed by atoms with E-state index < -0.39 is 5.97 Å². The topological polar surface area (TPSA) is 43.4 Å². The first-order chi connectivity index (χ1) is 6.16. The van der Waals surface area contributed by atoms with E-state index in [1.165, 1.54) is 6.92 Å². The zero-order chi connectivity index (χ0) is 10.1. The van der Waals surface area contributed by atoms with Gasteiger partial charge >= 0.3 is 5.97 Å². The second-order valence-electron chi connectivity index (χ2n) is 2.88. The standard InChI is InChI=1S/C9H16O3S/c1-8(10)7-9(11)12-5-3-2-4-6-13/h13H,2-7H2,1H3. The summed E-state index contributed by atoms with van der Waals surface area (Å²) in [6, 6.07) is 0. The van der Waals surface area contributed by atoms with Crippen LogP contribution in [0.15, 0.2) is 0 Å². The summed E-state index contributed by atoms with van der Waals surface area (Å²) in [6.07, 6.45) is 2.79. The Morgan fingerprint density at radius 1 is 1.23 bits per heavy atom. The number of Topliss-reactive ketones (excluding diaryl/α,β-unsaturated/α-hetero) is 1. The second kappa shape index (κ2) is 8.10. The van der Waals surface area contributed by atoms with Crippen molar-refractivity contribution in [3.05, 3.63) is 0 Å². The number of hydrogen-bond donors (Lipinski definition) is 1. The highest BCUT2D eigenvalue weighted by atomic mass is 32.1. The Kier molecular flexibility index (Phi) is 7.79. The Balaban J connectivity index is 3.22. The molecule has 0 aromatic rings. The predicted octanol–water partition coefficient (Wildman–Crippen LogP) is 1.61. The molecule has 0 amide bonds. The maximum Gasteiger partial charge on any atom is 0.313 e. The molecule has 0 aliphatic carbocycles. The quantitative estimate of drug-likeness (QED) is 0.296. The minimum atomic E-state index is -0.418. The van der Waals surface area contributed by atoms with Crippen LogP contribution in [0.3, 0.4) is 0 Å². The van der Waals surface area contributed by atoms with E-state index in [2.05, 4.69) is 12.6 Å². The van der Waals surface area contributed by atoms with Gasteiger partial charge < -0.3 is 4.74 Å². The van der Waals surface area contributed by atoms with Gasteiger partial charge in [0.25, 0.3) is 0 Å². The van der Waals surface area contributed by atoms with Crippen LogP contribution < -0.4 is 0 Å². The molecule has 0 heterocycles. The van der Waals surface area contributed by atoms with E-state index in [1.54, 1.807) is 0 Å². The van der Waals surface area contributed by atoms with Gasteiger partial charge in [0.1, 0.15) is 12.2 Å². The molecule has 0 saturated carbocycles. The van der Waals surface area contributed by atoms with Gasteiger partial charge in [-0.1, -0.05) is 0 Å². The number of rotatable bonds is 7. The second-order valence-corrected chi connectivity index (χ2v) is 3.33. The first kappa shape index (κ1) is 12.5. The largest absolute Gasteiger partial charge is 0.465 e. The summed E-state index contributed by atoms with van der Waals surface area (Å²) < 4.78 is 4.81. The normalized spacial score (nSPS) is 9.69. The molecule has 0 aromatic heterocycles. The van der Waals surface area contributed by atoms with Crippen molar-refractivity contribution in [2.45, 2.75) is 32.6 Å². The van der Waals surface area contributed by atoms with Crippen molar-refractivity contribution < 1.29 is 14.3 Å². The van der Waals surface area contributed by atoms with Crippen LogP contribution in [-0.4, -0.2) is 24.1 Å². The molecule has 76 valence electrons. The van der Waals surface area contributed by atoms with Crippen molar-refractivity contribution in [1.82, 2.24) is 0 Å². The predicted molar refractivity (Wildman–Crippen MR) is 54.0 cm³/mol. The Hall–Kier alpha value is -0.510. The highest BCUT2D eigenvalue weighted by Gasteiger charge is 2.04. The van der Waals surface area contributed by atoms with E-state index in [0.717, 1.165) is 25.0 Å². The van der Waals surface area contributed by atoms with Gasteiger partial charge in [-0.25, -0.2) is 0 Å². The zero-order valence-electron chi connectivity index (χ0n) is 7.91. The van der Waals surface area contributed by atoms with Crippen LogP contribution in [0.2, 0.25) is 0 Å². The van der Waals surface area contributed by atoms with Crippen LogP contribution >= 0.6 is 12.6 Å².